The predicted molar refractivity (Wildman–Crippen MR) is 96.5 cm³/mol. The molecule has 1 atom stereocenters. The van der Waals surface area contributed by atoms with Crippen molar-refractivity contribution in [3.8, 4) is 11.3 Å². The second kappa shape index (κ2) is 9.63. The number of nitrogens with zero attached hydrogens (tertiary/aromatic N) is 1. The fourth-order valence-corrected chi connectivity index (χ4v) is 2.46. The molecule has 0 spiro atoms. The van der Waals surface area contributed by atoms with Gasteiger partial charge in [-0.25, -0.2) is 0 Å². The molecule has 1 aromatic carbocycles. The van der Waals surface area contributed by atoms with Crippen molar-refractivity contribution in [2.45, 2.75) is 26.3 Å². The molecule has 0 aliphatic carbocycles. The van der Waals surface area contributed by atoms with E-state index in [9.17, 15) is 4.79 Å². The van der Waals surface area contributed by atoms with Crippen molar-refractivity contribution in [2.24, 2.45) is 0 Å². The van der Waals surface area contributed by atoms with Crippen molar-refractivity contribution in [3.05, 3.63) is 66.4 Å². The molecule has 0 saturated heterocycles. The Hall–Kier alpha value is -2.46. The molecular formula is C20H24N2O2. The zero-order valence-electron chi connectivity index (χ0n) is 14.2. The van der Waals surface area contributed by atoms with Crippen molar-refractivity contribution in [3.63, 3.8) is 0 Å². The van der Waals surface area contributed by atoms with Gasteiger partial charge in [0.15, 0.2) is 0 Å². The summed E-state index contributed by atoms with van der Waals surface area (Å²) in [6, 6.07) is 15.0. The molecule has 0 saturated carbocycles. The first-order valence-electron chi connectivity index (χ1n) is 8.23. The number of carbonyl (C=O) groups is 1. The Labute approximate surface area is 143 Å². The van der Waals surface area contributed by atoms with Gasteiger partial charge in [0.05, 0.1) is 12.3 Å². The van der Waals surface area contributed by atoms with Gasteiger partial charge in [-0.1, -0.05) is 48.6 Å². The molecule has 1 aromatic heterocycles. The first-order valence-corrected chi connectivity index (χ1v) is 8.23. The fourth-order valence-electron chi connectivity index (χ4n) is 2.46. The summed E-state index contributed by atoms with van der Waals surface area (Å²) in [5.41, 5.74) is 3.46. The van der Waals surface area contributed by atoms with Crippen LogP contribution in [0.15, 0.2) is 60.8 Å². The Bertz CT molecular complexity index is 651. The average Bonchev–Trinajstić information content (AvgIpc) is 2.64. The molecule has 0 fully saturated rings. The molecular weight excluding hydrogens is 300 g/mol. The van der Waals surface area contributed by atoms with Crippen LogP contribution in [0, 0.1) is 0 Å². The van der Waals surface area contributed by atoms with Gasteiger partial charge in [-0.3, -0.25) is 9.78 Å². The Morgan fingerprint density at radius 2 is 2.00 bits per heavy atom. The zero-order valence-corrected chi connectivity index (χ0v) is 14.2. The van der Waals surface area contributed by atoms with Crippen LogP contribution in [0.1, 0.15) is 31.9 Å². The first kappa shape index (κ1) is 17.9. The number of aromatic nitrogens is 1. The number of hydrogen-bond donors (Lipinski definition) is 1. The number of nitrogens with one attached hydrogen (secondary N) is 1. The topological polar surface area (TPSA) is 51.2 Å². The van der Waals surface area contributed by atoms with E-state index in [4.69, 9.17) is 0 Å². The van der Waals surface area contributed by atoms with E-state index < -0.39 is 0 Å². The molecule has 1 aliphatic heterocycles. The van der Waals surface area contributed by atoms with E-state index in [1.807, 2.05) is 24.4 Å². The van der Waals surface area contributed by atoms with Gasteiger partial charge < -0.3 is 10.1 Å². The lowest BCUT2D eigenvalue weighted by atomic mass is 10.0. The summed E-state index contributed by atoms with van der Waals surface area (Å²) < 4.78 is 4.40. The van der Waals surface area contributed by atoms with Crippen molar-refractivity contribution in [2.75, 3.05) is 13.2 Å². The lowest BCUT2D eigenvalue weighted by molar-refractivity contribution is -0.140. The van der Waals surface area contributed by atoms with Crippen LogP contribution >= 0.6 is 0 Å². The summed E-state index contributed by atoms with van der Waals surface area (Å²) in [6.45, 7) is 4.60. The smallest absolute Gasteiger partial charge is 0.302 e. The molecule has 0 bridgehead atoms. The highest BCUT2D eigenvalue weighted by atomic mass is 16.5. The maximum absolute atomic E-state index is 9.82. The monoisotopic (exact) mass is 324 g/mol. The van der Waals surface area contributed by atoms with E-state index in [2.05, 4.69) is 51.5 Å². The molecule has 24 heavy (non-hydrogen) atoms. The quantitative estimate of drug-likeness (QED) is 0.687. The van der Waals surface area contributed by atoms with Crippen molar-refractivity contribution in [1.82, 2.24) is 10.3 Å². The van der Waals surface area contributed by atoms with Gasteiger partial charge in [-0.05, 0) is 25.0 Å². The van der Waals surface area contributed by atoms with E-state index in [0.717, 1.165) is 18.7 Å². The maximum Gasteiger partial charge on any atom is 0.302 e. The number of ether oxygens (including phenoxy) is 1. The third-order valence-corrected chi connectivity index (χ3v) is 3.63. The number of rotatable bonds is 3. The van der Waals surface area contributed by atoms with Gasteiger partial charge in [-0.15, -0.1) is 0 Å². The molecule has 3 rings (SSSR count). The summed E-state index contributed by atoms with van der Waals surface area (Å²) in [7, 11) is 0. The first-order chi connectivity index (χ1) is 11.7. The summed E-state index contributed by atoms with van der Waals surface area (Å²) in [5.74, 6) is -0.211. The highest BCUT2D eigenvalue weighted by molar-refractivity contribution is 5.65. The zero-order chi connectivity index (χ0) is 17.2. The summed E-state index contributed by atoms with van der Waals surface area (Å²) in [6.07, 6.45) is 7.43. The molecule has 0 amide bonds. The van der Waals surface area contributed by atoms with E-state index in [0.29, 0.717) is 12.6 Å². The number of hydrogen-bond acceptors (Lipinski definition) is 4. The van der Waals surface area contributed by atoms with Crippen LogP contribution in [0.25, 0.3) is 11.3 Å². The Morgan fingerprint density at radius 1 is 1.21 bits per heavy atom. The Kier molecular flexibility index (Phi) is 7.18. The highest BCUT2D eigenvalue weighted by Gasteiger charge is 2.11. The molecule has 2 aromatic rings. The van der Waals surface area contributed by atoms with E-state index in [1.54, 1.807) is 6.92 Å². The summed E-state index contributed by atoms with van der Waals surface area (Å²) >= 11 is 0. The molecule has 126 valence electrons. The predicted octanol–water partition coefficient (Wildman–Crippen LogP) is 3.91. The molecule has 1 aliphatic rings. The molecule has 0 radical (unpaired) electrons. The molecule has 1 unspecified atom stereocenters. The van der Waals surface area contributed by atoms with Crippen molar-refractivity contribution in [1.29, 1.82) is 0 Å². The van der Waals surface area contributed by atoms with Crippen LogP contribution in [0.5, 0.6) is 0 Å². The van der Waals surface area contributed by atoms with Crippen LogP contribution in [0.2, 0.25) is 0 Å². The Morgan fingerprint density at radius 3 is 2.50 bits per heavy atom. The van der Waals surface area contributed by atoms with Gasteiger partial charge in [0, 0.05) is 31.3 Å². The van der Waals surface area contributed by atoms with Crippen molar-refractivity contribution >= 4 is 5.97 Å². The van der Waals surface area contributed by atoms with Gasteiger partial charge in [0.2, 0.25) is 0 Å². The van der Waals surface area contributed by atoms with Crippen LogP contribution in [-0.2, 0) is 9.53 Å². The SMILES string of the molecule is C1=CCC(c2ccc(-c3ccccc3)nc2)NC1.CCOC(C)=O. The third-order valence-electron chi connectivity index (χ3n) is 3.63. The standard InChI is InChI=1S/C16H16N2.C4H8O2/c1-2-6-13(7-3-1)16-10-9-14(12-18-16)15-8-4-5-11-17-15;1-3-6-4(2)5/h1-7,9-10,12,15,17H,8,11H2;3H2,1-2H3. The lowest BCUT2D eigenvalue weighted by Gasteiger charge is -2.19. The number of esters is 1. The number of benzene rings is 1. The summed E-state index contributed by atoms with van der Waals surface area (Å²) in [4.78, 5) is 14.4. The minimum Gasteiger partial charge on any atom is -0.466 e. The molecule has 4 nitrogen and oxygen atoms in total. The number of carbonyl (C=O) groups excluding carboxylic acids is 1. The third kappa shape index (κ3) is 5.63. The van der Waals surface area contributed by atoms with Gasteiger partial charge in [-0.2, -0.15) is 0 Å². The van der Waals surface area contributed by atoms with Crippen LogP contribution < -0.4 is 5.32 Å². The van der Waals surface area contributed by atoms with Gasteiger partial charge in [0.1, 0.15) is 0 Å². The van der Waals surface area contributed by atoms with Crippen LogP contribution in [0.3, 0.4) is 0 Å². The molecule has 1 N–H and O–H groups in total. The average molecular weight is 324 g/mol. The van der Waals surface area contributed by atoms with E-state index in [1.165, 1.54) is 18.1 Å². The van der Waals surface area contributed by atoms with E-state index >= 15 is 0 Å². The second-order valence-corrected chi connectivity index (χ2v) is 5.44. The van der Waals surface area contributed by atoms with Gasteiger partial charge >= 0.3 is 5.97 Å². The maximum atomic E-state index is 9.82. The Balaban J connectivity index is 0.000000301. The van der Waals surface area contributed by atoms with Crippen LogP contribution in [-0.4, -0.2) is 24.1 Å². The number of pyridine rings is 1. The molecule has 2 heterocycles. The summed E-state index contributed by atoms with van der Waals surface area (Å²) in [5, 5.41) is 3.47. The molecule has 4 heteroatoms. The fraction of sp³-hybridized carbons (Fsp3) is 0.300. The van der Waals surface area contributed by atoms with Crippen LogP contribution in [0.4, 0.5) is 0 Å². The van der Waals surface area contributed by atoms with Gasteiger partial charge in [0.25, 0.3) is 0 Å². The minimum absolute atomic E-state index is 0.211. The minimum atomic E-state index is -0.211. The largest absolute Gasteiger partial charge is 0.466 e. The lowest BCUT2D eigenvalue weighted by Crippen LogP contribution is -2.23. The van der Waals surface area contributed by atoms with Crippen molar-refractivity contribution < 1.29 is 9.53 Å². The highest BCUT2D eigenvalue weighted by Crippen LogP contribution is 2.22. The van der Waals surface area contributed by atoms with E-state index in [-0.39, 0.29) is 5.97 Å². The normalized spacial score (nSPS) is 16.0. The second-order valence-electron chi connectivity index (χ2n) is 5.44.